The molecule has 0 N–H and O–H groups in total. The highest BCUT2D eigenvalue weighted by Gasteiger charge is 2.60. The van der Waals surface area contributed by atoms with Crippen molar-refractivity contribution in [2.75, 3.05) is 26.2 Å². The lowest BCUT2D eigenvalue weighted by molar-refractivity contribution is -0.133. The van der Waals surface area contributed by atoms with Gasteiger partial charge in [0.25, 0.3) is 0 Å². The maximum absolute atomic E-state index is 12.9. The van der Waals surface area contributed by atoms with Gasteiger partial charge in [-0.2, -0.15) is 0 Å². The van der Waals surface area contributed by atoms with Crippen molar-refractivity contribution >= 4 is 12.0 Å². The van der Waals surface area contributed by atoms with Crippen LogP contribution in [0.1, 0.15) is 65.7 Å². The molecule has 0 aromatic rings. The lowest BCUT2D eigenvalue weighted by Crippen LogP contribution is -2.43. The third kappa shape index (κ3) is 3.15. The minimum atomic E-state index is -0.447. The van der Waals surface area contributed by atoms with Gasteiger partial charge in [0, 0.05) is 32.1 Å². The summed E-state index contributed by atoms with van der Waals surface area (Å²) in [6, 6.07) is 0. The molecule has 5 nitrogen and oxygen atoms in total. The maximum Gasteiger partial charge on any atom is 0.410 e. The van der Waals surface area contributed by atoms with E-state index >= 15 is 0 Å². The summed E-state index contributed by atoms with van der Waals surface area (Å²) in [4.78, 5) is 29.1. The van der Waals surface area contributed by atoms with E-state index in [2.05, 4.69) is 4.90 Å². The van der Waals surface area contributed by atoms with Gasteiger partial charge >= 0.3 is 6.09 Å². The number of carbonyl (C=O) groups is 2. The predicted octanol–water partition coefficient (Wildman–Crippen LogP) is 3.43. The van der Waals surface area contributed by atoms with Crippen molar-refractivity contribution in [2.24, 2.45) is 16.7 Å². The average Bonchev–Trinajstić information content (AvgIpc) is 3.00. The van der Waals surface area contributed by atoms with E-state index in [-0.39, 0.29) is 17.4 Å². The number of ether oxygens (including phenoxy) is 1. The Bertz CT molecular complexity index is 568. The number of piperidine rings is 1. The number of carbonyl (C=O) groups excluding carboxylic acids is 2. The van der Waals surface area contributed by atoms with E-state index in [1.54, 1.807) is 0 Å². The molecule has 0 aromatic carbocycles. The van der Waals surface area contributed by atoms with Crippen molar-refractivity contribution in [3.05, 3.63) is 0 Å². The average molecular weight is 348 g/mol. The molecule has 2 amide bonds. The standard InChI is InChI=1S/C20H32N2O3/c1-18(2,3)25-17(24)21-11-8-20(9-12-21)13-15(20)16(23)22-10-7-19(14-22)5-4-6-19/h15H,4-14H2,1-3H3. The van der Waals surface area contributed by atoms with Crippen LogP contribution in [0.25, 0.3) is 0 Å². The van der Waals surface area contributed by atoms with Crippen LogP contribution in [0.2, 0.25) is 0 Å². The van der Waals surface area contributed by atoms with Gasteiger partial charge in [0.15, 0.2) is 0 Å². The predicted molar refractivity (Wildman–Crippen MR) is 95.1 cm³/mol. The molecule has 1 unspecified atom stereocenters. The van der Waals surface area contributed by atoms with Crippen molar-refractivity contribution in [2.45, 2.75) is 71.3 Å². The summed E-state index contributed by atoms with van der Waals surface area (Å²) >= 11 is 0. The first-order valence-electron chi connectivity index (χ1n) is 9.99. The molecule has 140 valence electrons. The molecule has 0 aromatic heterocycles. The van der Waals surface area contributed by atoms with Gasteiger partial charge in [-0.1, -0.05) is 6.42 Å². The van der Waals surface area contributed by atoms with Gasteiger partial charge < -0.3 is 14.5 Å². The van der Waals surface area contributed by atoms with E-state index < -0.39 is 5.60 Å². The fraction of sp³-hybridized carbons (Fsp3) is 0.900. The zero-order chi connectivity index (χ0) is 17.9. The first-order chi connectivity index (χ1) is 11.7. The third-order valence-corrected chi connectivity index (χ3v) is 7.06. The van der Waals surface area contributed by atoms with Crippen LogP contribution in [-0.4, -0.2) is 53.6 Å². The fourth-order valence-corrected chi connectivity index (χ4v) is 5.14. The molecule has 4 rings (SSSR count). The Balaban J connectivity index is 1.28. The Kier molecular flexibility index (Phi) is 3.86. The quantitative estimate of drug-likeness (QED) is 0.729. The van der Waals surface area contributed by atoms with E-state index in [0.29, 0.717) is 11.3 Å². The summed E-state index contributed by atoms with van der Waals surface area (Å²) in [6.07, 6.45) is 7.90. The monoisotopic (exact) mass is 348 g/mol. The van der Waals surface area contributed by atoms with Crippen molar-refractivity contribution < 1.29 is 14.3 Å². The first kappa shape index (κ1) is 17.2. The zero-order valence-corrected chi connectivity index (χ0v) is 16.0. The molecule has 2 heterocycles. The molecule has 1 atom stereocenters. The van der Waals surface area contributed by atoms with Crippen LogP contribution in [0.15, 0.2) is 0 Å². The highest BCUT2D eigenvalue weighted by Crippen LogP contribution is 2.61. The highest BCUT2D eigenvalue weighted by molar-refractivity contribution is 5.83. The van der Waals surface area contributed by atoms with Crippen LogP contribution in [0.5, 0.6) is 0 Å². The molecule has 4 fully saturated rings. The fourth-order valence-electron chi connectivity index (χ4n) is 5.14. The van der Waals surface area contributed by atoms with Crippen LogP contribution in [0, 0.1) is 16.7 Å². The molecule has 25 heavy (non-hydrogen) atoms. The van der Waals surface area contributed by atoms with E-state index in [1.807, 2.05) is 25.7 Å². The van der Waals surface area contributed by atoms with Crippen LogP contribution >= 0.6 is 0 Å². The van der Waals surface area contributed by atoms with Gasteiger partial charge in [0.05, 0.1) is 0 Å². The van der Waals surface area contributed by atoms with E-state index in [1.165, 1.54) is 25.7 Å². The van der Waals surface area contributed by atoms with Gasteiger partial charge in [-0.05, 0) is 70.1 Å². The summed E-state index contributed by atoms with van der Waals surface area (Å²) in [5, 5.41) is 0. The molecule has 0 bridgehead atoms. The Hall–Kier alpha value is -1.26. The second-order valence-electron chi connectivity index (χ2n) is 9.95. The third-order valence-electron chi connectivity index (χ3n) is 7.06. The summed E-state index contributed by atoms with van der Waals surface area (Å²) in [5.74, 6) is 0.609. The van der Waals surface area contributed by atoms with Crippen molar-refractivity contribution in [1.82, 2.24) is 9.80 Å². The number of nitrogens with zero attached hydrogens (tertiary/aromatic N) is 2. The maximum atomic E-state index is 12.9. The minimum absolute atomic E-state index is 0.172. The van der Waals surface area contributed by atoms with E-state index in [9.17, 15) is 9.59 Å². The first-order valence-corrected chi connectivity index (χ1v) is 9.99. The van der Waals surface area contributed by atoms with E-state index in [0.717, 1.165) is 45.4 Å². The van der Waals surface area contributed by atoms with Crippen LogP contribution in [-0.2, 0) is 9.53 Å². The van der Waals surface area contributed by atoms with E-state index in [4.69, 9.17) is 4.74 Å². The van der Waals surface area contributed by atoms with Gasteiger partial charge in [0.1, 0.15) is 5.60 Å². The Morgan fingerprint density at radius 2 is 1.60 bits per heavy atom. The molecule has 5 heteroatoms. The highest BCUT2D eigenvalue weighted by atomic mass is 16.6. The topological polar surface area (TPSA) is 49.9 Å². The zero-order valence-electron chi connectivity index (χ0n) is 16.0. The molecule has 2 aliphatic carbocycles. The SMILES string of the molecule is CC(C)(C)OC(=O)N1CCC2(CC1)CC2C(=O)N1CCC2(CCC2)C1. The molecule has 2 spiro atoms. The van der Waals surface area contributed by atoms with Crippen LogP contribution in [0.4, 0.5) is 4.79 Å². The molecular formula is C20H32N2O3. The Morgan fingerprint density at radius 1 is 0.960 bits per heavy atom. The summed E-state index contributed by atoms with van der Waals surface area (Å²) < 4.78 is 5.47. The van der Waals surface area contributed by atoms with Crippen molar-refractivity contribution in [1.29, 1.82) is 0 Å². The molecule has 4 aliphatic rings. The summed E-state index contributed by atoms with van der Waals surface area (Å²) in [5.41, 5.74) is 0.209. The second kappa shape index (κ2) is 5.62. The normalized spacial score (nSPS) is 29.6. The van der Waals surface area contributed by atoms with Gasteiger partial charge in [-0.15, -0.1) is 0 Å². The number of likely N-dealkylation sites (tertiary alicyclic amines) is 2. The number of hydrogen-bond donors (Lipinski definition) is 0. The Labute approximate surface area is 151 Å². The molecular weight excluding hydrogens is 316 g/mol. The van der Waals surface area contributed by atoms with Gasteiger partial charge in [0.2, 0.25) is 5.91 Å². The number of rotatable bonds is 1. The lowest BCUT2D eigenvalue weighted by Gasteiger charge is -2.38. The largest absolute Gasteiger partial charge is 0.444 e. The molecule has 2 saturated heterocycles. The molecule has 0 radical (unpaired) electrons. The Morgan fingerprint density at radius 3 is 2.12 bits per heavy atom. The number of hydrogen-bond acceptors (Lipinski definition) is 3. The molecule has 2 saturated carbocycles. The van der Waals surface area contributed by atoms with Crippen LogP contribution < -0.4 is 0 Å². The van der Waals surface area contributed by atoms with Gasteiger partial charge in [-0.3, -0.25) is 4.79 Å². The van der Waals surface area contributed by atoms with Crippen LogP contribution in [0.3, 0.4) is 0 Å². The van der Waals surface area contributed by atoms with Crippen molar-refractivity contribution in [3.8, 4) is 0 Å². The van der Waals surface area contributed by atoms with Gasteiger partial charge in [-0.25, -0.2) is 4.79 Å². The van der Waals surface area contributed by atoms with Crippen molar-refractivity contribution in [3.63, 3.8) is 0 Å². The molecule has 2 aliphatic heterocycles. The minimum Gasteiger partial charge on any atom is -0.444 e. The summed E-state index contributed by atoms with van der Waals surface area (Å²) in [6.45, 7) is 9.12. The second-order valence-corrected chi connectivity index (χ2v) is 9.95. The number of amides is 2. The lowest BCUT2D eigenvalue weighted by atomic mass is 9.68. The smallest absolute Gasteiger partial charge is 0.410 e. The summed E-state index contributed by atoms with van der Waals surface area (Å²) in [7, 11) is 0.